The maximum absolute atomic E-state index is 11.7. The van der Waals surface area contributed by atoms with Crippen molar-refractivity contribution in [3.8, 4) is 22.6 Å². The van der Waals surface area contributed by atoms with Crippen molar-refractivity contribution in [1.82, 2.24) is 19.4 Å². The Balaban J connectivity index is 1.57. The van der Waals surface area contributed by atoms with Gasteiger partial charge in [0.2, 0.25) is 5.91 Å². The predicted octanol–water partition coefficient (Wildman–Crippen LogP) is 3.23. The molecule has 3 aromatic rings. The maximum Gasteiger partial charge on any atom is 0.222 e. The lowest BCUT2D eigenvalue weighted by Gasteiger charge is -2.21. The molecule has 25 heavy (non-hydrogen) atoms. The van der Waals surface area contributed by atoms with Crippen LogP contribution in [0.2, 0.25) is 0 Å². The Morgan fingerprint density at radius 3 is 2.52 bits per heavy atom. The Labute approximate surface area is 147 Å². The van der Waals surface area contributed by atoms with E-state index >= 15 is 0 Å². The number of imidazole rings is 1. The number of hydrogen-bond donors (Lipinski definition) is 0. The van der Waals surface area contributed by atoms with E-state index < -0.39 is 0 Å². The summed E-state index contributed by atoms with van der Waals surface area (Å²) >= 11 is 0. The van der Waals surface area contributed by atoms with Gasteiger partial charge in [0.25, 0.3) is 0 Å². The number of carbonyl (C=O) groups excluding carboxylic acids is 1. The molecule has 0 bridgehead atoms. The van der Waals surface area contributed by atoms with Gasteiger partial charge in [-0.15, -0.1) is 0 Å². The molecular formula is C20H20N4O. The molecule has 1 unspecified atom stereocenters. The van der Waals surface area contributed by atoms with Gasteiger partial charge < -0.3 is 9.47 Å². The first kappa shape index (κ1) is 15.6. The quantitative estimate of drug-likeness (QED) is 0.737. The van der Waals surface area contributed by atoms with Crippen LogP contribution in [0, 0.1) is 0 Å². The van der Waals surface area contributed by atoms with Gasteiger partial charge >= 0.3 is 0 Å². The summed E-state index contributed by atoms with van der Waals surface area (Å²) in [5.74, 6) is 1.16. The number of carbonyl (C=O) groups is 1. The molecule has 3 heterocycles. The van der Waals surface area contributed by atoms with Gasteiger partial charge in [0.15, 0.2) is 0 Å². The van der Waals surface area contributed by atoms with E-state index in [4.69, 9.17) is 0 Å². The Kier molecular flexibility index (Phi) is 4.06. The van der Waals surface area contributed by atoms with Gasteiger partial charge in [-0.05, 0) is 18.6 Å². The standard InChI is InChI=1S/C20H20N4O/c1-23-17(9-10-19(23)25)14-24-13-12-22-20(24)16-7-5-15(6-8-16)18-4-2-3-11-21-18/h2-8,11-13,17H,9-10,14H2,1H3. The third kappa shape index (κ3) is 3.05. The highest BCUT2D eigenvalue weighted by molar-refractivity contribution is 5.78. The molecule has 0 N–H and O–H groups in total. The summed E-state index contributed by atoms with van der Waals surface area (Å²) in [7, 11) is 1.89. The highest BCUT2D eigenvalue weighted by Crippen LogP contribution is 2.25. The van der Waals surface area contributed by atoms with E-state index in [-0.39, 0.29) is 11.9 Å². The van der Waals surface area contributed by atoms with E-state index in [0.29, 0.717) is 6.42 Å². The van der Waals surface area contributed by atoms with Gasteiger partial charge in [-0.2, -0.15) is 0 Å². The van der Waals surface area contributed by atoms with Crippen LogP contribution in [0.15, 0.2) is 61.1 Å². The third-order valence-corrected chi connectivity index (χ3v) is 4.86. The SMILES string of the molecule is CN1C(=O)CCC1Cn1ccnc1-c1ccc(-c2ccccn2)cc1. The van der Waals surface area contributed by atoms with E-state index in [1.54, 1.807) is 6.20 Å². The number of aromatic nitrogens is 3. The molecule has 0 saturated carbocycles. The van der Waals surface area contributed by atoms with Crippen LogP contribution in [0.1, 0.15) is 12.8 Å². The number of likely N-dealkylation sites (tertiary alicyclic amines) is 1. The fourth-order valence-corrected chi connectivity index (χ4v) is 3.34. The zero-order chi connectivity index (χ0) is 17.2. The molecule has 4 rings (SSSR count). The first-order valence-corrected chi connectivity index (χ1v) is 8.51. The molecule has 1 atom stereocenters. The second-order valence-electron chi connectivity index (χ2n) is 6.39. The van der Waals surface area contributed by atoms with Crippen LogP contribution in [0.4, 0.5) is 0 Å². The van der Waals surface area contributed by atoms with Gasteiger partial charge in [-0.3, -0.25) is 9.78 Å². The number of likely N-dealkylation sites (N-methyl/N-ethyl adjacent to an activating group) is 1. The average Bonchev–Trinajstić information content (AvgIpc) is 3.25. The van der Waals surface area contributed by atoms with Crippen LogP contribution in [0.3, 0.4) is 0 Å². The van der Waals surface area contributed by atoms with Gasteiger partial charge in [0.1, 0.15) is 5.82 Å². The molecule has 1 aliphatic heterocycles. The van der Waals surface area contributed by atoms with Crippen LogP contribution in [0.25, 0.3) is 22.6 Å². The topological polar surface area (TPSA) is 51.0 Å². The molecule has 1 amide bonds. The Morgan fingerprint density at radius 2 is 1.84 bits per heavy atom. The van der Waals surface area contributed by atoms with Crippen molar-refractivity contribution >= 4 is 5.91 Å². The summed E-state index contributed by atoms with van der Waals surface area (Å²) in [6.45, 7) is 0.777. The molecule has 5 heteroatoms. The molecule has 126 valence electrons. The van der Waals surface area contributed by atoms with Crippen LogP contribution < -0.4 is 0 Å². The van der Waals surface area contributed by atoms with Gasteiger partial charge in [0, 0.05) is 55.8 Å². The van der Waals surface area contributed by atoms with E-state index in [1.165, 1.54) is 0 Å². The minimum Gasteiger partial charge on any atom is -0.341 e. The molecule has 0 spiro atoms. The summed E-state index contributed by atoms with van der Waals surface area (Å²) in [6, 6.07) is 14.4. The largest absolute Gasteiger partial charge is 0.341 e. The monoisotopic (exact) mass is 332 g/mol. The van der Waals surface area contributed by atoms with E-state index in [0.717, 1.165) is 35.6 Å². The molecule has 1 saturated heterocycles. The van der Waals surface area contributed by atoms with E-state index in [2.05, 4.69) is 38.8 Å². The molecule has 5 nitrogen and oxygen atoms in total. The second kappa shape index (κ2) is 6.51. The zero-order valence-corrected chi connectivity index (χ0v) is 14.2. The lowest BCUT2D eigenvalue weighted by Crippen LogP contribution is -2.32. The highest BCUT2D eigenvalue weighted by Gasteiger charge is 2.28. The minimum absolute atomic E-state index is 0.228. The van der Waals surface area contributed by atoms with Crippen molar-refractivity contribution in [2.24, 2.45) is 0 Å². The van der Waals surface area contributed by atoms with Crippen LogP contribution in [-0.4, -0.2) is 38.4 Å². The van der Waals surface area contributed by atoms with Crippen molar-refractivity contribution in [3.63, 3.8) is 0 Å². The predicted molar refractivity (Wildman–Crippen MR) is 96.7 cm³/mol. The van der Waals surface area contributed by atoms with Crippen molar-refractivity contribution in [1.29, 1.82) is 0 Å². The molecule has 0 radical (unpaired) electrons. The lowest BCUT2D eigenvalue weighted by atomic mass is 10.1. The Hall–Kier alpha value is -2.95. The van der Waals surface area contributed by atoms with Crippen LogP contribution >= 0.6 is 0 Å². The highest BCUT2D eigenvalue weighted by atomic mass is 16.2. The molecule has 1 aromatic carbocycles. The number of hydrogen-bond acceptors (Lipinski definition) is 3. The van der Waals surface area contributed by atoms with Crippen molar-refractivity contribution in [2.45, 2.75) is 25.4 Å². The fourth-order valence-electron chi connectivity index (χ4n) is 3.34. The number of amides is 1. The summed E-state index contributed by atoms with van der Waals surface area (Å²) < 4.78 is 2.13. The molecular weight excluding hydrogens is 312 g/mol. The van der Waals surface area contributed by atoms with Gasteiger partial charge in [-0.25, -0.2) is 4.98 Å². The Morgan fingerprint density at radius 1 is 1.04 bits per heavy atom. The summed E-state index contributed by atoms with van der Waals surface area (Å²) in [5, 5.41) is 0. The number of benzene rings is 1. The van der Waals surface area contributed by atoms with Crippen LogP contribution in [0.5, 0.6) is 0 Å². The summed E-state index contributed by atoms with van der Waals surface area (Å²) in [5.41, 5.74) is 3.11. The van der Waals surface area contributed by atoms with Crippen molar-refractivity contribution in [3.05, 3.63) is 61.1 Å². The van der Waals surface area contributed by atoms with Crippen molar-refractivity contribution in [2.75, 3.05) is 7.05 Å². The molecule has 1 aliphatic rings. The minimum atomic E-state index is 0.228. The Bertz CT molecular complexity index is 870. The fraction of sp³-hybridized carbons (Fsp3) is 0.250. The third-order valence-electron chi connectivity index (χ3n) is 4.86. The first-order valence-electron chi connectivity index (χ1n) is 8.51. The van der Waals surface area contributed by atoms with Gasteiger partial charge in [0.05, 0.1) is 5.69 Å². The number of nitrogens with zero attached hydrogens (tertiary/aromatic N) is 4. The molecule has 0 aliphatic carbocycles. The lowest BCUT2D eigenvalue weighted by molar-refractivity contribution is -0.127. The second-order valence-corrected chi connectivity index (χ2v) is 6.39. The zero-order valence-electron chi connectivity index (χ0n) is 14.2. The molecule has 1 fully saturated rings. The first-order chi connectivity index (χ1) is 12.2. The summed E-state index contributed by atoms with van der Waals surface area (Å²) in [4.78, 5) is 22.5. The van der Waals surface area contributed by atoms with E-state index in [1.807, 2.05) is 42.5 Å². The number of rotatable bonds is 4. The number of pyridine rings is 1. The van der Waals surface area contributed by atoms with E-state index in [9.17, 15) is 4.79 Å². The normalized spacial score (nSPS) is 17.2. The smallest absolute Gasteiger partial charge is 0.222 e. The average molecular weight is 332 g/mol. The summed E-state index contributed by atoms with van der Waals surface area (Å²) in [6.07, 6.45) is 7.16. The van der Waals surface area contributed by atoms with Gasteiger partial charge in [-0.1, -0.05) is 30.3 Å². The maximum atomic E-state index is 11.7. The van der Waals surface area contributed by atoms with Crippen LogP contribution in [-0.2, 0) is 11.3 Å². The molecule has 2 aromatic heterocycles. The van der Waals surface area contributed by atoms with Crippen molar-refractivity contribution < 1.29 is 4.79 Å².